The van der Waals surface area contributed by atoms with E-state index in [1.807, 2.05) is 146 Å². The number of para-hydroxylation sites is 2. The topological polar surface area (TPSA) is 56.7 Å². The molecule has 0 radical (unpaired) electrons. The molecule has 0 saturated carbocycles. The Hall–Kier alpha value is -7.63. The second-order valence-electron chi connectivity index (χ2n) is 13.4. The van der Waals surface area contributed by atoms with Gasteiger partial charge in [0.1, 0.15) is 11.2 Å². The van der Waals surface area contributed by atoms with Crippen LogP contribution in [-0.2, 0) is 0 Å². The molecule has 0 aliphatic carbocycles. The second kappa shape index (κ2) is 13.0. The predicted molar refractivity (Wildman–Crippen MR) is 229 cm³/mol. The third-order valence-corrected chi connectivity index (χ3v) is 10.1. The van der Waals surface area contributed by atoms with E-state index in [1.54, 1.807) is 4.57 Å². The third kappa shape index (κ3) is 5.37. The quantitative estimate of drug-likeness (QED) is 0.171. The van der Waals surface area contributed by atoms with E-state index in [0.717, 1.165) is 49.7 Å². The van der Waals surface area contributed by atoms with Gasteiger partial charge in [0.25, 0.3) is 0 Å². The molecule has 262 valence electrons. The summed E-state index contributed by atoms with van der Waals surface area (Å²) in [6.07, 6.45) is 0. The van der Waals surface area contributed by atoms with Gasteiger partial charge in [0.15, 0.2) is 17.5 Å². The molecule has 0 saturated heterocycles. The molecule has 0 unspecified atom stereocenters. The van der Waals surface area contributed by atoms with Crippen molar-refractivity contribution < 1.29 is 15.4 Å². The summed E-state index contributed by atoms with van der Waals surface area (Å²) in [5, 5.41) is 1.64. The number of hydrogen-bond donors (Lipinski definition) is 0. The lowest BCUT2D eigenvalue weighted by Gasteiger charge is -2.14. The van der Waals surface area contributed by atoms with E-state index in [1.165, 1.54) is 0 Å². The van der Waals surface area contributed by atoms with E-state index >= 15 is 0 Å². The maximum atomic E-state index is 9.14. The number of benzene rings is 8. The molecule has 3 heterocycles. The van der Waals surface area contributed by atoms with Crippen LogP contribution in [0.25, 0.3) is 106 Å². The summed E-state index contributed by atoms with van der Waals surface area (Å²) in [7, 11) is 0. The van der Waals surface area contributed by atoms with Gasteiger partial charge < -0.3 is 8.98 Å². The minimum absolute atomic E-state index is 0.0163. The van der Waals surface area contributed by atoms with Gasteiger partial charge in [0, 0.05) is 43.9 Å². The lowest BCUT2D eigenvalue weighted by atomic mass is 9.96. The molecule has 5 nitrogen and oxygen atoms in total. The van der Waals surface area contributed by atoms with Crippen LogP contribution in [0.1, 0.15) is 11.0 Å². The molecule has 0 aliphatic heterocycles. The maximum absolute atomic E-state index is 9.14. The highest BCUT2D eigenvalue weighted by molar-refractivity contribution is 6.13. The van der Waals surface area contributed by atoms with Crippen molar-refractivity contribution in [3.8, 4) is 62.1 Å². The molecular weight excluding hydrogens is 685 g/mol. The van der Waals surface area contributed by atoms with Gasteiger partial charge in [0.05, 0.1) is 22.0 Å². The van der Waals surface area contributed by atoms with Gasteiger partial charge in [-0.1, -0.05) is 145 Å². The van der Waals surface area contributed by atoms with Crippen molar-refractivity contribution in [3.63, 3.8) is 0 Å². The zero-order valence-corrected chi connectivity index (χ0v) is 29.6. The maximum Gasteiger partial charge on any atom is 0.164 e. The summed E-state index contributed by atoms with van der Waals surface area (Å²) in [4.78, 5) is 14.9. The van der Waals surface area contributed by atoms with Crippen molar-refractivity contribution in [2.45, 2.75) is 0 Å². The molecule has 0 spiro atoms. The van der Waals surface area contributed by atoms with Gasteiger partial charge in [-0.25, -0.2) is 15.0 Å². The Morgan fingerprint density at radius 1 is 0.411 bits per heavy atom. The van der Waals surface area contributed by atoms with Crippen molar-refractivity contribution in [1.82, 2.24) is 19.5 Å². The second-order valence-corrected chi connectivity index (χ2v) is 13.4. The van der Waals surface area contributed by atoms with E-state index < -0.39 is 24.2 Å². The Bertz CT molecular complexity index is 3570. The van der Waals surface area contributed by atoms with E-state index in [2.05, 4.69) is 0 Å². The highest BCUT2D eigenvalue weighted by Crippen LogP contribution is 2.40. The molecule has 11 rings (SSSR count). The normalized spacial score (nSPS) is 13.6. The lowest BCUT2D eigenvalue weighted by molar-refractivity contribution is 0.669. The standard InChI is InChI=1S/C51H32N4O/c1-4-15-33(16-5-1)37-29-38(31-39(30-37)55-44-24-12-10-21-40(44)41-22-11-13-25-45(41)55)36-27-28-46-43(32-36)48-42(23-14-26-47(48)56-46)51-53-49(34-17-6-2-7-18-34)52-50(54-51)35-19-8-3-9-20-35/h1-32H/i10D,11D,12D,13D,21D,22D,24D,25D. The fourth-order valence-electron chi connectivity index (χ4n) is 7.50. The molecule has 0 atom stereocenters. The Balaban J connectivity index is 1.18. The predicted octanol–water partition coefficient (Wildman–Crippen LogP) is 13.2. The van der Waals surface area contributed by atoms with Gasteiger partial charge in [0.2, 0.25) is 0 Å². The molecule has 5 heteroatoms. The number of nitrogens with zero attached hydrogens (tertiary/aromatic N) is 4. The minimum atomic E-state index is -0.493. The van der Waals surface area contributed by atoms with Crippen LogP contribution in [0.5, 0.6) is 0 Å². The van der Waals surface area contributed by atoms with Gasteiger partial charge >= 0.3 is 0 Å². The number of furan rings is 1. The van der Waals surface area contributed by atoms with E-state index in [4.69, 9.17) is 30.3 Å². The summed E-state index contributed by atoms with van der Waals surface area (Å²) in [6.45, 7) is 0. The van der Waals surface area contributed by atoms with Crippen LogP contribution in [0.15, 0.2) is 198 Å². The van der Waals surface area contributed by atoms with Crippen LogP contribution in [-0.4, -0.2) is 19.5 Å². The number of aromatic nitrogens is 4. The zero-order valence-electron chi connectivity index (χ0n) is 37.6. The van der Waals surface area contributed by atoms with Crippen molar-refractivity contribution in [1.29, 1.82) is 0 Å². The lowest BCUT2D eigenvalue weighted by Crippen LogP contribution is -2.00. The number of fused-ring (bicyclic) bond motifs is 6. The molecule has 11 aromatic rings. The van der Waals surface area contributed by atoms with Gasteiger partial charge in [-0.3, -0.25) is 0 Å². The highest BCUT2D eigenvalue weighted by Gasteiger charge is 2.19. The van der Waals surface area contributed by atoms with E-state index in [-0.39, 0.29) is 46.0 Å². The fourth-order valence-corrected chi connectivity index (χ4v) is 7.50. The smallest absolute Gasteiger partial charge is 0.164 e. The zero-order chi connectivity index (χ0) is 44.0. The molecule has 3 aromatic heterocycles. The molecule has 0 N–H and O–H groups in total. The minimum Gasteiger partial charge on any atom is -0.456 e. The molecule has 8 aromatic carbocycles. The molecule has 0 amide bonds. The first-order valence-electron chi connectivity index (χ1n) is 22.1. The van der Waals surface area contributed by atoms with E-state index in [9.17, 15) is 0 Å². The highest BCUT2D eigenvalue weighted by atomic mass is 16.3. The average Bonchev–Trinajstić information content (AvgIpc) is 3.91. The summed E-state index contributed by atoms with van der Waals surface area (Å²) >= 11 is 0. The van der Waals surface area contributed by atoms with Crippen molar-refractivity contribution >= 4 is 43.7 Å². The molecule has 0 aliphatic rings. The Kier molecular flexibility index (Phi) is 5.74. The van der Waals surface area contributed by atoms with E-state index in [0.29, 0.717) is 34.3 Å². The van der Waals surface area contributed by atoms with Gasteiger partial charge in [-0.05, 0) is 70.7 Å². The van der Waals surface area contributed by atoms with Crippen molar-refractivity contribution in [3.05, 3.63) is 194 Å². The summed E-state index contributed by atoms with van der Waals surface area (Å²) in [5.74, 6) is 1.53. The van der Waals surface area contributed by atoms with Crippen LogP contribution in [0.4, 0.5) is 0 Å². The SMILES string of the molecule is [2H]c1c([2H])c([2H])c2c(c1[2H])c1c([2H])c([2H])c([2H])c([2H])c1n2-c1cc(-c2ccccc2)cc(-c2ccc3oc4cccc(-c5nc(-c6ccccc6)nc(-c6ccccc6)n5)c4c3c2)c1. The summed E-state index contributed by atoms with van der Waals surface area (Å²) in [6, 6.07) is 43.3. The third-order valence-electron chi connectivity index (χ3n) is 10.1. The van der Waals surface area contributed by atoms with Crippen LogP contribution in [0.2, 0.25) is 0 Å². The average molecular weight is 725 g/mol. The largest absolute Gasteiger partial charge is 0.456 e. The van der Waals surface area contributed by atoms with Crippen LogP contribution >= 0.6 is 0 Å². The van der Waals surface area contributed by atoms with Crippen LogP contribution in [0.3, 0.4) is 0 Å². The number of rotatable bonds is 6. The molecule has 0 bridgehead atoms. The first-order valence-corrected chi connectivity index (χ1v) is 18.1. The summed E-state index contributed by atoms with van der Waals surface area (Å²) in [5.41, 5.74) is 7.42. The number of hydrogen-bond acceptors (Lipinski definition) is 4. The van der Waals surface area contributed by atoms with Crippen LogP contribution < -0.4 is 0 Å². The molecule has 0 fully saturated rings. The van der Waals surface area contributed by atoms with Crippen molar-refractivity contribution in [2.75, 3.05) is 0 Å². The first-order chi connectivity index (χ1) is 31.1. The molecular formula is C51H32N4O. The first kappa shape index (κ1) is 24.6. The monoisotopic (exact) mass is 724 g/mol. The Morgan fingerprint density at radius 3 is 1.59 bits per heavy atom. The Labute approximate surface area is 334 Å². The van der Waals surface area contributed by atoms with Gasteiger partial charge in [-0.2, -0.15) is 0 Å². The van der Waals surface area contributed by atoms with Gasteiger partial charge in [-0.15, -0.1) is 0 Å². The summed E-state index contributed by atoms with van der Waals surface area (Å²) < 4.78 is 78.7. The Morgan fingerprint density at radius 2 is 0.964 bits per heavy atom. The van der Waals surface area contributed by atoms with Crippen molar-refractivity contribution in [2.24, 2.45) is 0 Å². The molecule has 56 heavy (non-hydrogen) atoms. The van der Waals surface area contributed by atoms with Crippen LogP contribution in [0, 0.1) is 0 Å². The fraction of sp³-hybridized carbons (Fsp3) is 0.